The molecule has 94 valence electrons. The molecule has 1 nitrogen and oxygen atoms in total. The summed E-state index contributed by atoms with van der Waals surface area (Å²) >= 11 is 0. The van der Waals surface area contributed by atoms with E-state index in [2.05, 4.69) is 5.32 Å². The Morgan fingerprint density at radius 2 is 1.76 bits per heavy atom. The second kappa shape index (κ2) is 4.29. The van der Waals surface area contributed by atoms with E-state index in [-0.39, 0.29) is 18.4 Å². The molecule has 1 saturated heterocycles. The molecule has 0 amide bonds. The number of nitrogens with one attached hydrogen (secondary N) is 1. The summed E-state index contributed by atoms with van der Waals surface area (Å²) in [5, 5.41) is 2.90. The normalized spacial score (nSPS) is 20.2. The van der Waals surface area contributed by atoms with Crippen molar-refractivity contribution in [3.8, 4) is 0 Å². The topological polar surface area (TPSA) is 12.0 Å². The van der Waals surface area contributed by atoms with Gasteiger partial charge in [-0.3, -0.25) is 0 Å². The van der Waals surface area contributed by atoms with E-state index in [0.29, 0.717) is 13.1 Å². The highest BCUT2D eigenvalue weighted by molar-refractivity contribution is 5.29. The molecule has 1 heterocycles. The molecule has 0 atom stereocenters. The Hall–Kier alpha value is -1.10. The summed E-state index contributed by atoms with van der Waals surface area (Å²) in [5.41, 5.74) is -1.87. The van der Waals surface area contributed by atoms with Crippen LogP contribution in [0.1, 0.15) is 18.4 Å². The van der Waals surface area contributed by atoms with Gasteiger partial charge in [-0.05, 0) is 43.6 Å². The molecule has 2 rings (SSSR count). The van der Waals surface area contributed by atoms with E-state index in [1.165, 1.54) is 12.1 Å². The number of rotatable bonds is 1. The summed E-state index contributed by atoms with van der Waals surface area (Å²) in [4.78, 5) is 0. The van der Waals surface area contributed by atoms with Crippen molar-refractivity contribution in [1.29, 1.82) is 0 Å². The van der Waals surface area contributed by atoms with Crippen LogP contribution in [0.4, 0.5) is 17.6 Å². The van der Waals surface area contributed by atoms with Gasteiger partial charge in [0.05, 0.1) is 5.41 Å². The number of halogens is 4. The summed E-state index contributed by atoms with van der Waals surface area (Å²) < 4.78 is 52.9. The van der Waals surface area contributed by atoms with E-state index in [1.54, 1.807) is 0 Å². The fraction of sp³-hybridized carbons (Fsp3) is 0.500. The van der Waals surface area contributed by atoms with Crippen molar-refractivity contribution in [3.05, 3.63) is 35.6 Å². The van der Waals surface area contributed by atoms with Crippen molar-refractivity contribution in [2.45, 2.75) is 24.4 Å². The summed E-state index contributed by atoms with van der Waals surface area (Å²) in [7, 11) is 0. The molecule has 1 aromatic carbocycles. The lowest BCUT2D eigenvalue weighted by Gasteiger charge is -2.39. The predicted molar refractivity (Wildman–Crippen MR) is 56.2 cm³/mol. The Morgan fingerprint density at radius 3 is 2.29 bits per heavy atom. The number of benzene rings is 1. The van der Waals surface area contributed by atoms with Crippen LogP contribution in [-0.2, 0) is 5.41 Å². The minimum atomic E-state index is -4.34. The Kier molecular flexibility index (Phi) is 3.12. The number of hydrogen-bond donors (Lipinski definition) is 1. The van der Waals surface area contributed by atoms with Crippen molar-refractivity contribution in [1.82, 2.24) is 5.32 Å². The van der Waals surface area contributed by atoms with Crippen LogP contribution in [0.3, 0.4) is 0 Å². The van der Waals surface area contributed by atoms with Gasteiger partial charge in [-0.15, -0.1) is 0 Å². The SMILES string of the molecule is Fc1cccc(C2(C(F)(F)F)CCNCC2)c1. The van der Waals surface area contributed by atoms with Gasteiger partial charge in [-0.2, -0.15) is 13.2 Å². The highest BCUT2D eigenvalue weighted by Gasteiger charge is 2.55. The molecule has 1 aromatic rings. The minimum Gasteiger partial charge on any atom is -0.317 e. The van der Waals surface area contributed by atoms with Crippen molar-refractivity contribution in [2.75, 3.05) is 13.1 Å². The number of alkyl halides is 3. The highest BCUT2D eigenvalue weighted by atomic mass is 19.4. The van der Waals surface area contributed by atoms with Gasteiger partial charge in [0.1, 0.15) is 5.82 Å². The summed E-state index contributed by atoms with van der Waals surface area (Å²) in [6.07, 6.45) is -4.43. The fourth-order valence-corrected chi connectivity index (χ4v) is 2.38. The Morgan fingerprint density at radius 1 is 1.12 bits per heavy atom. The van der Waals surface area contributed by atoms with Crippen LogP contribution < -0.4 is 5.32 Å². The third-order valence-electron chi connectivity index (χ3n) is 3.38. The largest absolute Gasteiger partial charge is 0.398 e. The second-order valence-electron chi connectivity index (χ2n) is 4.34. The first-order chi connectivity index (χ1) is 7.96. The molecule has 1 fully saturated rings. The lowest BCUT2D eigenvalue weighted by Crippen LogP contribution is -2.49. The van der Waals surface area contributed by atoms with Crippen LogP contribution in [0.25, 0.3) is 0 Å². The standard InChI is InChI=1S/C12H13F4N/c13-10-3-1-2-9(8-10)11(12(14,15)16)4-6-17-7-5-11/h1-3,8,17H,4-7H2. The third kappa shape index (κ3) is 2.16. The molecular formula is C12H13F4N. The molecule has 0 unspecified atom stereocenters. The Labute approximate surface area is 96.8 Å². The fourth-order valence-electron chi connectivity index (χ4n) is 2.38. The van der Waals surface area contributed by atoms with Crippen LogP contribution in [0.15, 0.2) is 24.3 Å². The van der Waals surface area contributed by atoms with E-state index in [4.69, 9.17) is 0 Å². The van der Waals surface area contributed by atoms with Gasteiger partial charge >= 0.3 is 6.18 Å². The minimum absolute atomic E-state index is 0.0338. The molecule has 5 heteroatoms. The van der Waals surface area contributed by atoms with E-state index in [9.17, 15) is 17.6 Å². The monoisotopic (exact) mass is 247 g/mol. The lowest BCUT2D eigenvalue weighted by molar-refractivity contribution is -0.197. The van der Waals surface area contributed by atoms with Crippen LogP contribution in [0.5, 0.6) is 0 Å². The summed E-state index contributed by atoms with van der Waals surface area (Å²) in [6.45, 7) is 0.603. The van der Waals surface area contributed by atoms with Crippen LogP contribution in [0, 0.1) is 5.82 Å². The first-order valence-corrected chi connectivity index (χ1v) is 5.49. The van der Waals surface area contributed by atoms with Crippen molar-refractivity contribution < 1.29 is 17.6 Å². The van der Waals surface area contributed by atoms with Crippen LogP contribution >= 0.6 is 0 Å². The quantitative estimate of drug-likeness (QED) is 0.752. The molecule has 0 bridgehead atoms. The van der Waals surface area contributed by atoms with E-state index < -0.39 is 17.4 Å². The van der Waals surface area contributed by atoms with E-state index in [0.717, 1.165) is 12.1 Å². The first kappa shape index (κ1) is 12.4. The maximum absolute atomic E-state index is 13.3. The molecule has 1 aliphatic heterocycles. The number of piperidine rings is 1. The van der Waals surface area contributed by atoms with Gasteiger partial charge in [-0.1, -0.05) is 12.1 Å². The molecule has 0 aliphatic carbocycles. The van der Waals surface area contributed by atoms with Gasteiger partial charge in [0.15, 0.2) is 0 Å². The molecule has 1 N–H and O–H groups in total. The molecule has 0 saturated carbocycles. The van der Waals surface area contributed by atoms with Crippen molar-refractivity contribution >= 4 is 0 Å². The molecule has 1 aliphatic rings. The molecule has 0 radical (unpaired) electrons. The average molecular weight is 247 g/mol. The van der Waals surface area contributed by atoms with Crippen molar-refractivity contribution in [3.63, 3.8) is 0 Å². The second-order valence-corrected chi connectivity index (χ2v) is 4.34. The Bertz CT molecular complexity index is 394. The molecule has 0 spiro atoms. The summed E-state index contributed by atoms with van der Waals surface area (Å²) in [5.74, 6) is -0.621. The molecular weight excluding hydrogens is 234 g/mol. The smallest absolute Gasteiger partial charge is 0.317 e. The van der Waals surface area contributed by atoms with Crippen LogP contribution in [-0.4, -0.2) is 19.3 Å². The molecule has 0 aromatic heterocycles. The maximum Gasteiger partial charge on any atom is 0.398 e. The first-order valence-electron chi connectivity index (χ1n) is 5.49. The zero-order valence-corrected chi connectivity index (χ0v) is 9.15. The zero-order chi connectivity index (χ0) is 12.5. The summed E-state index contributed by atoms with van der Waals surface area (Å²) in [6, 6.07) is 4.86. The Balaban J connectivity index is 2.46. The maximum atomic E-state index is 13.3. The molecule has 17 heavy (non-hydrogen) atoms. The van der Waals surface area contributed by atoms with Gasteiger partial charge in [0.25, 0.3) is 0 Å². The number of hydrogen-bond acceptors (Lipinski definition) is 1. The van der Waals surface area contributed by atoms with Gasteiger partial charge in [0, 0.05) is 0 Å². The van der Waals surface area contributed by atoms with E-state index in [1.807, 2.05) is 0 Å². The van der Waals surface area contributed by atoms with Gasteiger partial charge < -0.3 is 5.32 Å². The average Bonchev–Trinajstić information content (AvgIpc) is 2.28. The highest BCUT2D eigenvalue weighted by Crippen LogP contribution is 2.47. The van der Waals surface area contributed by atoms with Gasteiger partial charge in [-0.25, -0.2) is 4.39 Å². The lowest BCUT2D eigenvalue weighted by atomic mass is 9.72. The van der Waals surface area contributed by atoms with Crippen molar-refractivity contribution in [2.24, 2.45) is 0 Å². The zero-order valence-electron chi connectivity index (χ0n) is 9.15. The van der Waals surface area contributed by atoms with Gasteiger partial charge in [0.2, 0.25) is 0 Å². The predicted octanol–water partition coefficient (Wildman–Crippen LogP) is 3.01. The third-order valence-corrected chi connectivity index (χ3v) is 3.38. The van der Waals surface area contributed by atoms with Crippen LogP contribution in [0.2, 0.25) is 0 Å². The van der Waals surface area contributed by atoms with E-state index >= 15 is 0 Å².